The van der Waals surface area contributed by atoms with Crippen molar-refractivity contribution in [1.82, 2.24) is 5.32 Å². The molecule has 2 heterocycles. The molecule has 0 spiro atoms. The Bertz CT molecular complexity index is 839. The second-order valence-corrected chi connectivity index (χ2v) is 7.48. The van der Waals surface area contributed by atoms with E-state index in [-0.39, 0.29) is 30.8 Å². The quantitative estimate of drug-likeness (QED) is 0.904. The summed E-state index contributed by atoms with van der Waals surface area (Å²) in [5, 5.41) is 3.11. The topological polar surface area (TPSA) is 58.6 Å². The fourth-order valence-electron chi connectivity index (χ4n) is 3.37. The number of hydrogen-bond acceptors (Lipinski definition) is 4. The minimum atomic E-state index is -0.151. The average Bonchev–Trinajstić information content (AvgIpc) is 2.81. The smallest absolute Gasteiger partial charge is 0.240 e. The maximum atomic E-state index is 12.7. The van der Waals surface area contributed by atoms with Gasteiger partial charge in [-0.1, -0.05) is 30.3 Å². The standard InChI is InChI=1S/C20H20N2O3S/c23-19(21-15-10-12-26-18-8-4-1-5-14(15)18)13-22-16-6-2-3-7-17(16)25-11-9-20(22)24/h1-8,15H,9-13H2,(H,21,23). The van der Waals surface area contributed by atoms with E-state index >= 15 is 0 Å². The van der Waals surface area contributed by atoms with Gasteiger partial charge in [0.15, 0.2) is 0 Å². The Morgan fingerprint density at radius 2 is 2.00 bits per heavy atom. The van der Waals surface area contributed by atoms with Gasteiger partial charge >= 0.3 is 0 Å². The minimum Gasteiger partial charge on any atom is -0.491 e. The maximum absolute atomic E-state index is 12.7. The van der Waals surface area contributed by atoms with Gasteiger partial charge in [-0.15, -0.1) is 11.8 Å². The SMILES string of the molecule is O=C(CN1C(=O)CCOc2ccccc21)NC1CCSc2ccccc21. The van der Waals surface area contributed by atoms with Gasteiger partial charge in [0, 0.05) is 10.6 Å². The zero-order valence-electron chi connectivity index (χ0n) is 14.3. The van der Waals surface area contributed by atoms with Gasteiger partial charge in [0.2, 0.25) is 11.8 Å². The van der Waals surface area contributed by atoms with Crippen molar-refractivity contribution in [2.45, 2.75) is 23.8 Å². The molecule has 2 aromatic carbocycles. The van der Waals surface area contributed by atoms with Crippen LogP contribution in [0, 0.1) is 0 Å². The van der Waals surface area contributed by atoms with E-state index < -0.39 is 0 Å². The lowest BCUT2D eigenvalue weighted by atomic mass is 10.0. The third kappa shape index (κ3) is 3.42. The normalized spacial score (nSPS) is 19.0. The lowest BCUT2D eigenvalue weighted by Crippen LogP contribution is -2.42. The number of anilines is 1. The molecule has 0 bridgehead atoms. The number of thioether (sulfide) groups is 1. The first-order chi connectivity index (χ1) is 12.7. The molecule has 5 nitrogen and oxygen atoms in total. The summed E-state index contributed by atoms with van der Waals surface area (Å²) in [4.78, 5) is 27.9. The maximum Gasteiger partial charge on any atom is 0.240 e. The van der Waals surface area contributed by atoms with Crippen LogP contribution in [0.2, 0.25) is 0 Å². The number of rotatable bonds is 3. The second kappa shape index (κ2) is 7.41. The highest BCUT2D eigenvalue weighted by Crippen LogP contribution is 2.36. The van der Waals surface area contributed by atoms with E-state index in [1.807, 2.05) is 48.2 Å². The summed E-state index contributed by atoms with van der Waals surface area (Å²) in [6.45, 7) is 0.339. The van der Waals surface area contributed by atoms with E-state index in [9.17, 15) is 9.59 Å². The van der Waals surface area contributed by atoms with Gasteiger partial charge in [-0.3, -0.25) is 14.5 Å². The highest BCUT2D eigenvalue weighted by molar-refractivity contribution is 7.99. The molecule has 0 saturated carbocycles. The Labute approximate surface area is 156 Å². The predicted octanol–water partition coefficient (Wildman–Crippen LogP) is 3.16. The molecule has 1 N–H and O–H groups in total. The second-order valence-electron chi connectivity index (χ2n) is 6.34. The van der Waals surface area contributed by atoms with Gasteiger partial charge < -0.3 is 10.1 Å². The Hall–Kier alpha value is -2.47. The van der Waals surface area contributed by atoms with Crippen LogP contribution in [0.1, 0.15) is 24.4 Å². The first kappa shape index (κ1) is 17.0. The molecule has 0 saturated heterocycles. The van der Waals surface area contributed by atoms with Crippen molar-refractivity contribution >= 4 is 29.3 Å². The monoisotopic (exact) mass is 368 g/mol. The van der Waals surface area contributed by atoms with Crippen molar-refractivity contribution in [3.05, 3.63) is 54.1 Å². The number of hydrogen-bond donors (Lipinski definition) is 1. The van der Waals surface area contributed by atoms with Crippen LogP contribution in [0.15, 0.2) is 53.4 Å². The largest absolute Gasteiger partial charge is 0.491 e. The fraction of sp³-hybridized carbons (Fsp3) is 0.300. The van der Waals surface area contributed by atoms with Crippen LogP contribution in [0.25, 0.3) is 0 Å². The molecule has 1 unspecified atom stereocenters. The Balaban J connectivity index is 1.51. The molecule has 1 atom stereocenters. The first-order valence-electron chi connectivity index (χ1n) is 8.75. The van der Waals surface area contributed by atoms with E-state index in [0.29, 0.717) is 18.0 Å². The van der Waals surface area contributed by atoms with Crippen LogP contribution < -0.4 is 15.0 Å². The van der Waals surface area contributed by atoms with E-state index in [1.54, 1.807) is 0 Å². The highest BCUT2D eigenvalue weighted by atomic mass is 32.2. The van der Waals surface area contributed by atoms with Crippen LogP contribution >= 0.6 is 11.8 Å². The number of para-hydroxylation sites is 2. The van der Waals surface area contributed by atoms with Gasteiger partial charge in [-0.25, -0.2) is 0 Å². The van der Waals surface area contributed by atoms with Gasteiger partial charge in [-0.05, 0) is 30.2 Å². The summed E-state index contributed by atoms with van der Waals surface area (Å²) in [7, 11) is 0. The number of nitrogens with one attached hydrogen (secondary N) is 1. The molecule has 0 radical (unpaired) electrons. The fourth-order valence-corrected chi connectivity index (χ4v) is 4.49. The lowest BCUT2D eigenvalue weighted by molar-refractivity contribution is -0.124. The van der Waals surface area contributed by atoms with Gasteiger partial charge in [0.05, 0.1) is 24.8 Å². The van der Waals surface area contributed by atoms with E-state index in [2.05, 4.69) is 17.4 Å². The van der Waals surface area contributed by atoms with Gasteiger partial charge in [0.25, 0.3) is 0 Å². The van der Waals surface area contributed by atoms with Crippen LogP contribution in [0.4, 0.5) is 5.69 Å². The van der Waals surface area contributed by atoms with Crippen molar-refractivity contribution in [2.24, 2.45) is 0 Å². The van der Waals surface area contributed by atoms with Crippen LogP contribution in [0.5, 0.6) is 5.75 Å². The first-order valence-corrected chi connectivity index (χ1v) is 9.74. The van der Waals surface area contributed by atoms with Crippen LogP contribution in [-0.2, 0) is 9.59 Å². The Kier molecular flexibility index (Phi) is 4.84. The number of nitrogens with zero attached hydrogens (tertiary/aromatic N) is 1. The third-order valence-corrected chi connectivity index (χ3v) is 5.75. The van der Waals surface area contributed by atoms with E-state index in [0.717, 1.165) is 17.7 Å². The van der Waals surface area contributed by atoms with Crippen molar-refractivity contribution in [2.75, 3.05) is 23.8 Å². The summed E-state index contributed by atoms with van der Waals surface area (Å²) >= 11 is 1.82. The number of carbonyl (C=O) groups excluding carboxylic acids is 2. The lowest BCUT2D eigenvalue weighted by Gasteiger charge is -2.27. The highest BCUT2D eigenvalue weighted by Gasteiger charge is 2.27. The van der Waals surface area contributed by atoms with Crippen molar-refractivity contribution < 1.29 is 14.3 Å². The van der Waals surface area contributed by atoms with Crippen molar-refractivity contribution in [3.63, 3.8) is 0 Å². The molecule has 2 aliphatic heterocycles. The van der Waals surface area contributed by atoms with Crippen LogP contribution in [0.3, 0.4) is 0 Å². The Morgan fingerprint density at radius 3 is 2.92 bits per heavy atom. The Morgan fingerprint density at radius 1 is 1.19 bits per heavy atom. The van der Waals surface area contributed by atoms with Crippen molar-refractivity contribution in [3.8, 4) is 5.75 Å². The summed E-state index contributed by atoms with van der Waals surface area (Å²) in [6.07, 6.45) is 1.16. The minimum absolute atomic E-state index is 0.00498. The molecular formula is C20H20N2O3S. The molecule has 0 aliphatic carbocycles. The summed E-state index contributed by atoms with van der Waals surface area (Å²) < 4.78 is 5.63. The molecule has 4 rings (SSSR count). The molecule has 134 valence electrons. The van der Waals surface area contributed by atoms with Crippen LogP contribution in [-0.4, -0.2) is 30.7 Å². The summed E-state index contributed by atoms with van der Waals surface area (Å²) in [6, 6.07) is 15.5. The number of ether oxygens (including phenoxy) is 1. The molecule has 2 aromatic rings. The number of carbonyl (C=O) groups is 2. The molecule has 6 heteroatoms. The molecule has 2 amide bonds. The molecular weight excluding hydrogens is 348 g/mol. The van der Waals surface area contributed by atoms with E-state index in [4.69, 9.17) is 4.74 Å². The average molecular weight is 368 g/mol. The zero-order valence-corrected chi connectivity index (χ0v) is 15.1. The summed E-state index contributed by atoms with van der Waals surface area (Å²) in [5.41, 5.74) is 1.81. The number of amides is 2. The molecule has 26 heavy (non-hydrogen) atoms. The van der Waals surface area contributed by atoms with E-state index in [1.165, 1.54) is 9.80 Å². The third-order valence-electron chi connectivity index (χ3n) is 4.63. The molecule has 2 aliphatic rings. The van der Waals surface area contributed by atoms with Crippen molar-refractivity contribution in [1.29, 1.82) is 0 Å². The van der Waals surface area contributed by atoms with Gasteiger partial charge in [0.1, 0.15) is 12.3 Å². The van der Waals surface area contributed by atoms with Gasteiger partial charge in [-0.2, -0.15) is 0 Å². The number of fused-ring (bicyclic) bond motifs is 2. The number of benzene rings is 2. The zero-order chi connectivity index (χ0) is 17.9. The molecule has 0 fully saturated rings. The summed E-state index contributed by atoms with van der Waals surface area (Å²) in [5.74, 6) is 1.37. The molecule has 0 aromatic heterocycles. The predicted molar refractivity (Wildman–Crippen MR) is 102 cm³/mol.